The fraction of sp³-hybridized carbons (Fsp3) is 0.842. The van der Waals surface area contributed by atoms with Crippen LogP contribution in [0.4, 0.5) is 0 Å². The van der Waals surface area contributed by atoms with Crippen LogP contribution in [-0.4, -0.2) is 51.5 Å². The Morgan fingerprint density at radius 3 is 1.65 bits per heavy atom. The zero-order valence-electron chi connectivity index (χ0n) is 15.6. The van der Waals surface area contributed by atoms with E-state index in [1.807, 2.05) is 0 Å². The highest BCUT2D eigenvalue weighted by molar-refractivity contribution is 5.83. The van der Waals surface area contributed by atoms with Crippen molar-refractivity contribution in [1.29, 1.82) is 0 Å². The molecule has 3 N–H and O–H groups in total. The lowest BCUT2D eigenvalue weighted by atomic mass is 10.0. The number of unbranched alkanes of at least 4 members (excludes halogenated alkanes) is 10. The highest BCUT2D eigenvalue weighted by Crippen LogP contribution is 2.12. The third kappa shape index (κ3) is 17.8. The molecule has 0 spiro atoms. The van der Waals surface area contributed by atoms with Crippen molar-refractivity contribution in [1.82, 2.24) is 5.32 Å². The van der Waals surface area contributed by atoms with Crippen molar-refractivity contribution in [2.24, 2.45) is 0 Å². The number of hydrogen-bond acceptors (Lipinski definition) is 3. The molecular formula is C19H38AlNO5. The Labute approximate surface area is 168 Å². The Hall–Kier alpha value is -1.06. The van der Waals surface area contributed by atoms with E-state index in [2.05, 4.69) is 12.2 Å². The van der Waals surface area contributed by atoms with E-state index in [-0.39, 0.29) is 36.1 Å². The number of rotatable bonds is 17. The number of hydrogen-bond donors (Lipinski definition) is 3. The molecule has 0 heterocycles. The van der Waals surface area contributed by atoms with Crippen molar-refractivity contribution in [2.75, 3.05) is 0 Å². The molecule has 1 amide bonds. The van der Waals surface area contributed by atoms with Crippen LogP contribution in [0.1, 0.15) is 96.8 Å². The molecule has 0 aromatic heterocycles. The first-order chi connectivity index (χ1) is 12.0. The largest absolute Gasteiger partial charge is 0.481 e. The minimum atomic E-state index is -1.19. The summed E-state index contributed by atoms with van der Waals surface area (Å²) in [5, 5.41) is 20.0. The molecule has 0 rings (SSSR count). The maximum atomic E-state index is 11.7. The van der Waals surface area contributed by atoms with Gasteiger partial charge in [0.2, 0.25) is 5.91 Å². The van der Waals surface area contributed by atoms with Crippen LogP contribution in [0.15, 0.2) is 0 Å². The lowest BCUT2D eigenvalue weighted by Gasteiger charge is -2.13. The van der Waals surface area contributed by atoms with E-state index in [0.29, 0.717) is 6.42 Å². The van der Waals surface area contributed by atoms with E-state index in [9.17, 15) is 14.4 Å². The average Bonchev–Trinajstić information content (AvgIpc) is 2.56. The number of nitrogens with one attached hydrogen (secondary N) is 1. The molecular weight excluding hydrogens is 349 g/mol. The van der Waals surface area contributed by atoms with Gasteiger partial charge in [-0.1, -0.05) is 71.1 Å². The van der Waals surface area contributed by atoms with Gasteiger partial charge in [0, 0.05) is 12.8 Å². The molecule has 0 fully saturated rings. The lowest BCUT2D eigenvalue weighted by molar-refractivity contribution is -0.143. The maximum Gasteiger partial charge on any atom is 0.326 e. The van der Waals surface area contributed by atoms with Crippen molar-refractivity contribution in [2.45, 2.75) is 103 Å². The van der Waals surface area contributed by atoms with E-state index < -0.39 is 18.0 Å². The van der Waals surface area contributed by atoms with Crippen molar-refractivity contribution in [3.8, 4) is 0 Å². The zero-order chi connectivity index (χ0) is 18.9. The van der Waals surface area contributed by atoms with Crippen LogP contribution in [0.25, 0.3) is 0 Å². The van der Waals surface area contributed by atoms with E-state index in [0.717, 1.165) is 19.3 Å². The molecule has 0 aromatic carbocycles. The monoisotopic (exact) mass is 387 g/mol. The first kappa shape index (κ1) is 27.2. The van der Waals surface area contributed by atoms with Crippen LogP contribution < -0.4 is 5.32 Å². The average molecular weight is 387 g/mol. The van der Waals surface area contributed by atoms with Crippen molar-refractivity contribution in [3.63, 3.8) is 0 Å². The molecule has 0 saturated heterocycles. The molecule has 0 aliphatic heterocycles. The summed E-state index contributed by atoms with van der Waals surface area (Å²) < 4.78 is 0. The quantitative estimate of drug-likeness (QED) is 0.263. The smallest absolute Gasteiger partial charge is 0.326 e. The fourth-order valence-electron chi connectivity index (χ4n) is 2.74. The molecule has 0 unspecified atom stereocenters. The predicted molar refractivity (Wildman–Crippen MR) is 107 cm³/mol. The first-order valence-electron chi connectivity index (χ1n) is 9.71. The number of carboxylic acids is 2. The first-order valence-corrected chi connectivity index (χ1v) is 9.71. The highest BCUT2D eigenvalue weighted by atomic mass is 27.0. The van der Waals surface area contributed by atoms with Gasteiger partial charge in [-0.05, 0) is 12.8 Å². The third-order valence-electron chi connectivity index (χ3n) is 4.29. The molecule has 0 aromatic rings. The molecule has 7 heteroatoms. The summed E-state index contributed by atoms with van der Waals surface area (Å²) in [6.07, 6.45) is 13.1. The Bertz CT molecular complexity index is 390. The third-order valence-corrected chi connectivity index (χ3v) is 4.29. The van der Waals surface area contributed by atoms with Crippen molar-refractivity contribution < 1.29 is 24.6 Å². The predicted octanol–water partition coefficient (Wildman–Crippen LogP) is 2.94. The minimum Gasteiger partial charge on any atom is -0.481 e. The summed E-state index contributed by atoms with van der Waals surface area (Å²) in [6, 6.07) is -1.11. The number of amides is 1. The van der Waals surface area contributed by atoms with Crippen LogP contribution in [0.3, 0.4) is 0 Å². The molecule has 26 heavy (non-hydrogen) atoms. The lowest BCUT2D eigenvalue weighted by Crippen LogP contribution is -2.41. The number of aliphatic carboxylic acids is 2. The Morgan fingerprint density at radius 1 is 0.769 bits per heavy atom. The van der Waals surface area contributed by atoms with Crippen LogP contribution in [0.2, 0.25) is 0 Å². The molecule has 152 valence electrons. The van der Waals surface area contributed by atoms with Gasteiger partial charge in [0.1, 0.15) is 6.04 Å². The van der Waals surface area contributed by atoms with Gasteiger partial charge in [-0.15, -0.1) is 0 Å². The van der Waals surface area contributed by atoms with Gasteiger partial charge < -0.3 is 15.5 Å². The highest BCUT2D eigenvalue weighted by Gasteiger charge is 2.20. The summed E-state index contributed by atoms with van der Waals surface area (Å²) in [6.45, 7) is 2.22. The van der Waals surface area contributed by atoms with Crippen LogP contribution in [0, 0.1) is 0 Å². The second-order valence-electron chi connectivity index (χ2n) is 6.68. The summed E-state index contributed by atoms with van der Waals surface area (Å²) in [5.41, 5.74) is 0. The molecule has 6 nitrogen and oxygen atoms in total. The summed E-state index contributed by atoms with van der Waals surface area (Å²) in [7, 11) is 0. The number of carbonyl (C=O) groups excluding carboxylic acids is 1. The molecule has 0 radical (unpaired) electrons. The van der Waals surface area contributed by atoms with E-state index >= 15 is 0 Å². The van der Waals surface area contributed by atoms with Gasteiger partial charge >= 0.3 is 11.9 Å². The minimum absolute atomic E-state index is 0. The molecule has 0 aliphatic carbocycles. The van der Waals surface area contributed by atoms with Gasteiger partial charge in [-0.2, -0.15) is 0 Å². The van der Waals surface area contributed by atoms with Gasteiger partial charge in [0.25, 0.3) is 0 Å². The van der Waals surface area contributed by atoms with E-state index in [4.69, 9.17) is 10.2 Å². The van der Waals surface area contributed by atoms with Gasteiger partial charge in [-0.3, -0.25) is 9.59 Å². The zero-order valence-corrected chi connectivity index (χ0v) is 15.6. The number of carbonyl (C=O) groups is 3. The summed E-state index contributed by atoms with van der Waals surface area (Å²) in [5.74, 6) is -2.56. The Balaban J connectivity index is 0. The maximum absolute atomic E-state index is 11.7. The topological polar surface area (TPSA) is 104 Å². The Kier molecular flexibility index (Phi) is 19.6. The van der Waals surface area contributed by atoms with E-state index in [1.165, 1.54) is 51.4 Å². The molecule has 0 aliphatic rings. The van der Waals surface area contributed by atoms with Crippen molar-refractivity contribution >= 4 is 35.2 Å². The molecule has 0 bridgehead atoms. The molecule has 0 saturated carbocycles. The van der Waals surface area contributed by atoms with Gasteiger partial charge in [-0.25, -0.2) is 4.79 Å². The van der Waals surface area contributed by atoms with Crippen LogP contribution in [0.5, 0.6) is 0 Å². The van der Waals surface area contributed by atoms with Crippen LogP contribution >= 0.6 is 0 Å². The fourth-order valence-corrected chi connectivity index (χ4v) is 2.74. The second kappa shape index (κ2) is 18.7. The summed E-state index contributed by atoms with van der Waals surface area (Å²) >= 11 is 0. The Morgan fingerprint density at radius 2 is 1.23 bits per heavy atom. The normalized spacial score (nSPS) is 11.4. The van der Waals surface area contributed by atoms with Gasteiger partial charge in [0.15, 0.2) is 17.4 Å². The van der Waals surface area contributed by atoms with Crippen molar-refractivity contribution in [3.05, 3.63) is 0 Å². The number of carboxylic acid groups (broad SMARTS) is 2. The second-order valence-corrected chi connectivity index (χ2v) is 6.68. The standard InChI is InChI=1S/C19H35NO5.Al.3H/c1-2-3-4-5-6-7-8-9-10-11-12-13-17(21)20-16(19(24)25)14-15-18(22)23;;;;/h16H,2-15H2,1H3,(H,20,21)(H,22,23)(H,24,25);;;;/t16-;;;;/m0..../s1. The van der Waals surface area contributed by atoms with E-state index in [1.54, 1.807) is 0 Å². The van der Waals surface area contributed by atoms with Gasteiger partial charge in [0.05, 0.1) is 0 Å². The summed E-state index contributed by atoms with van der Waals surface area (Å²) in [4.78, 5) is 33.2. The van der Waals surface area contributed by atoms with Crippen LogP contribution in [-0.2, 0) is 14.4 Å². The molecule has 1 atom stereocenters. The SMILES string of the molecule is CCCCCCCCCCCCCC(=O)N[C@@H](CCC(=O)O)C(=O)O.[AlH3].